The lowest BCUT2D eigenvalue weighted by Crippen LogP contribution is -2.28. The maximum absolute atomic E-state index is 13.1. The summed E-state index contributed by atoms with van der Waals surface area (Å²) in [5, 5.41) is 2.58. The number of nitrogens with one attached hydrogen (secondary N) is 1. The summed E-state index contributed by atoms with van der Waals surface area (Å²) in [5.41, 5.74) is -0.185. The second-order valence-electron chi connectivity index (χ2n) is 7.22. The first-order valence-electron chi connectivity index (χ1n) is 9.13. The molecule has 1 aromatic carbocycles. The second kappa shape index (κ2) is 7.69. The van der Waals surface area contributed by atoms with Crippen molar-refractivity contribution >= 4 is 27.1 Å². The third kappa shape index (κ3) is 4.94. The largest absolute Gasteiger partial charge is 0.416 e. The normalized spacial score (nSPS) is 23.1. The molecule has 150 valence electrons. The predicted molar refractivity (Wildman–Crippen MR) is 97.5 cm³/mol. The van der Waals surface area contributed by atoms with Crippen LogP contribution in [-0.4, -0.2) is 38.9 Å². The Kier molecular flexibility index (Phi) is 5.69. The molecule has 2 heterocycles. The van der Waals surface area contributed by atoms with Crippen molar-refractivity contribution in [3.05, 3.63) is 23.8 Å². The van der Waals surface area contributed by atoms with Gasteiger partial charge in [0.25, 0.3) is 0 Å². The number of halogens is 3. The molecule has 0 aromatic heterocycles. The molecule has 2 aliphatic heterocycles. The minimum Gasteiger partial charge on any atom is -0.370 e. The summed E-state index contributed by atoms with van der Waals surface area (Å²) >= 11 is 0. The molecule has 2 aliphatic rings. The van der Waals surface area contributed by atoms with Gasteiger partial charge in [-0.2, -0.15) is 13.2 Å². The first kappa shape index (κ1) is 20.0. The van der Waals surface area contributed by atoms with E-state index in [-0.39, 0.29) is 23.6 Å². The van der Waals surface area contributed by atoms with Gasteiger partial charge in [0.05, 0.1) is 34.4 Å². The Balaban J connectivity index is 1.88. The van der Waals surface area contributed by atoms with E-state index < -0.39 is 33.4 Å². The zero-order valence-electron chi connectivity index (χ0n) is 14.9. The quantitative estimate of drug-likeness (QED) is 0.838. The van der Waals surface area contributed by atoms with Gasteiger partial charge in [0, 0.05) is 13.1 Å². The van der Waals surface area contributed by atoms with Gasteiger partial charge in [0.2, 0.25) is 5.91 Å². The van der Waals surface area contributed by atoms with Gasteiger partial charge in [0.1, 0.15) is 0 Å². The summed E-state index contributed by atoms with van der Waals surface area (Å²) in [5.74, 6) is -1.57. The summed E-state index contributed by atoms with van der Waals surface area (Å²) in [7, 11) is -3.25. The number of carbonyl (C=O) groups excluding carboxylic acids is 1. The molecule has 5 nitrogen and oxygen atoms in total. The van der Waals surface area contributed by atoms with Crippen LogP contribution in [0.25, 0.3) is 0 Å². The number of carbonyl (C=O) groups is 1. The molecule has 2 fully saturated rings. The number of hydrogen-bond acceptors (Lipinski definition) is 4. The number of benzene rings is 1. The molecular weight excluding hydrogens is 381 g/mol. The van der Waals surface area contributed by atoms with Crippen LogP contribution in [-0.2, 0) is 20.8 Å². The molecule has 27 heavy (non-hydrogen) atoms. The first-order valence-corrected chi connectivity index (χ1v) is 11.0. The van der Waals surface area contributed by atoms with Crippen molar-refractivity contribution in [1.82, 2.24) is 0 Å². The lowest BCUT2D eigenvalue weighted by atomic mass is 10.1. The van der Waals surface area contributed by atoms with Crippen molar-refractivity contribution in [2.24, 2.45) is 5.92 Å². The van der Waals surface area contributed by atoms with E-state index in [4.69, 9.17) is 0 Å². The molecule has 1 aromatic rings. The number of hydrogen-bond donors (Lipinski definition) is 1. The van der Waals surface area contributed by atoms with Crippen LogP contribution in [0.1, 0.15) is 37.7 Å². The molecule has 0 radical (unpaired) electrons. The van der Waals surface area contributed by atoms with Crippen molar-refractivity contribution in [1.29, 1.82) is 0 Å². The average molecular weight is 404 g/mol. The van der Waals surface area contributed by atoms with Crippen molar-refractivity contribution in [2.45, 2.75) is 38.3 Å². The highest BCUT2D eigenvalue weighted by Gasteiger charge is 2.35. The molecule has 2 saturated heterocycles. The van der Waals surface area contributed by atoms with Crippen LogP contribution in [0, 0.1) is 5.92 Å². The van der Waals surface area contributed by atoms with Gasteiger partial charge in [-0.1, -0.05) is 12.8 Å². The Hall–Kier alpha value is -1.77. The monoisotopic (exact) mass is 404 g/mol. The molecule has 1 unspecified atom stereocenters. The fourth-order valence-corrected chi connectivity index (χ4v) is 5.38. The Morgan fingerprint density at radius 3 is 2.33 bits per heavy atom. The zero-order valence-corrected chi connectivity index (χ0v) is 15.7. The molecule has 1 amide bonds. The standard InChI is InChI=1S/C18H23F3N2O3S/c19-18(20,21)14-5-6-16(23-8-3-1-2-4-9-23)15(11-14)22-17(24)13-7-10-27(25,26)12-13/h5-6,11,13H,1-4,7-10,12H2,(H,22,24). The summed E-state index contributed by atoms with van der Waals surface area (Å²) in [6, 6.07) is 3.37. The summed E-state index contributed by atoms with van der Waals surface area (Å²) in [4.78, 5) is 14.5. The zero-order chi connectivity index (χ0) is 19.7. The topological polar surface area (TPSA) is 66.5 Å². The van der Waals surface area contributed by atoms with Crippen molar-refractivity contribution in [3.63, 3.8) is 0 Å². The third-order valence-electron chi connectivity index (χ3n) is 5.13. The highest BCUT2D eigenvalue weighted by molar-refractivity contribution is 7.91. The number of amides is 1. The molecule has 0 spiro atoms. The van der Waals surface area contributed by atoms with Crippen molar-refractivity contribution in [3.8, 4) is 0 Å². The third-order valence-corrected chi connectivity index (χ3v) is 6.90. The van der Waals surface area contributed by atoms with Gasteiger partial charge in [0.15, 0.2) is 9.84 Å². The van der Waals surface area contributed by atoms with E-state index in [2.05, 4.69) is 5.32 Å². The van der Waals surface area contributed by atoms with Gasteiger partial charge in [-0.05, 0) is 37.5 Å². The maximum Gasteiger partial charge on any atom is 0.416 e. The Labute approximate surface area is 156 Å². The second-order valence-corrected chi connectivity index (χ2v) is 9.45. The van der Waals surface area contributed by atoms with E-state index in [9.17, 15) is 26.4 Å². The van der Waals surface area contributed by atoms with E-state index in [1.165, 1.54) is 6.07 Å². The lowest BCUT2D eigenvalue weighted by Gasteiger charge is -2.26. The molecule has 0 aliphatic carbocycles. The fraction of sp³-hybridized carbons (Fsp3) is 0.611. The highest BCUT2D eigenvalue weighted by atomic mass is 32.2. The minimum absolute atomic E-state index is 0.0628. The van der Waals surface area contributed by atoms with E-state index in [0.717, 1.165) is 37.8 Å². The summed E-state index contributed by atoms with van der Waals surface area (Å²) < 4.78 is 62.6. The predicted octanol–water partition coefficient (Wildman–Crippen LogP) is 3.46. The number of rotatable bonds is 3. The van der Waals surface area contributed by atoms with Crippen LogP contribution in [0.3, 0.4) is 0 Å². The number of nitrogens with zero attached hydrogens (tertiary/aromatic N) is 1. The lowest BCUT2D eigenvalue weighted by molar-refractivity contribution is -0.137. The number of sulfone groups is 1. The van der Waals surface area contributed by atoms with E-state index in [0.29, 0.717) is 18.8 Å². The fourth-order valence-electron chi connectivity index (χ4n) is 3.64. The van der Waals surface area contributed by atoms with Crippen LogP contribution >= 0.6 is 0 Å². The highest BCUT2D eigenvalue weighted by Crippen LogP contribution is 2.36. The molecule has 0 saturated carbocycles. The number of anilines is 2. The first-order chi connectivity index (χ1) is 12.7. The number of alkyl halides is 3. The Bertz CT molecular complexity index is 801. The SMILES string of the molecule is O=C(Nc1cc(C(F)(F)F)ccc1N1CCCCCC1)C1CCS(=O)(=O)C1. The molecule has 1 N–H and O–H groups in total. The summed E-state index contributed by atoms with van der Waals surface area (Å²) in [6.45, 7) is 1.43. The molecule has 1 atom stereocenters. The van der Waals surface area contributed by atoms with Gasteiger partial charge in [-0.15, -0.1) is 0 Å². The Morgan fingerprint density at radius 2 is 1.78 bits per heavy atom. The molecule has 0 bridgehead atoms. The van der Waals surface area contributed by atoms with E-state index in [1.807, 2.05) is 4.90 Å². The summed E-state index contributed by atoms with van der Waals surface area (Å²) in [6.07, 6.45) is -0.304. The smallest absolute Gasteiger partial charge is 0.370 e. The maximum atomic E-state index is 13.1. The van der Waals surface area contributed by atoms with Crippen LogP contribution in [0.15, 0.2) is 18.2 Å². The van der Waals surface area contributed by atoms with E-state index >= 15 is 0 Å². The van der Waals surface area contributed by atoms with Crippen LogP contribution < -0.4 is 10.2 Å². The van der Waals surface area contributed by atoms with Crippen molar-refractivity contribution in [2.75, 3.05) is 34.8 Å². The van der Waals surface area contributed by atoms with Crippen molar-refractivity contribution < 1.29 is 26.4 Å². The van der Waals surface area contributed by atoms with E-state index in [1.54, 1.807) is 0 Å². The van der Waals surface area contributed by atoms with Crippen LogP contribution in [0.2, 0.25) is 0 Å². The molecule has 3 rings (SSSR count). The van der Waals surface area contributed by atoms with Gasteiger partial charge >= 0.3 is 6.18 Å². The Morgan fingerprint density at radius 1 is 1.11 bits per heavy atom. The van der Waals surface area contributed by atoms with Crippen LogP contribution in [0.5, 0.6) is 0 Å². The van der Waals surface area contributed by atoms with Crippen LogP contribution in [0.4, 0.5) is 24.5 Å². The minimum atomic E-state index is -4.52. The average Bonchev–Trinajstić information content (AvgIpc) is 2.80. The molecular formula is C18H23F3N2O3S. The van der Waals surface area contributed by atoms with Gasteiger partial charge in [-0.25, -0.2) is 8.42 Å². The molecule has 9 heteroatoms. The van der Waals surface area contributed by atoms with Gasteiger partial charge < -0.3 is 10.2 Å². The van der Waals surface area contributed by atoms with Gasteiger partial charge in [-0.3, -0.25) is 4.79 Å².